The number of hydrazone groups is 1. The molecule has 2 N–H and O–H groups in total. The highest BCUT2D eigenvalue weighted by molar-refractivity contribution is 7.80. The molecule has 0 aliphatic rings. The van der Waals surface area contributed by atoms with E-state index < -0.39 is 5.97 Å². The van der Waals surface area contributed by atoms with Crippen molar-refractivity contribution in [3.8, 4) is 11.5 Å². The number of methoxy groups -OCH3 is 1. The standard InChI is InChI=1S/C22H15Cl4N3O3S/c1-31-20-8-12(11-27-29-22(33)28-18-10-14(23)4-6-16(18)25)2-7-19(20)32-21(30)13-3-5-15(24)17(26)9-13/h2-11H,1H3,(H2,28,29,33)/b27-11+. The first-order valence-corrected chi connectivity index (χ1v) is 11.1. The number of ether oxygens (including phenoxy) is 2. The number of hydrogen-bond donors (Lipinski definition) is 2. The molecule has 170 valence electrons. The van der Waals surface area contributed by atoms with Crippen molar-refractivity contribution in [3.05, 3.63) is 85.8 Å². The summed E-state index contributed by atoms with van der Waals surface area (Å²) in [6.07, 6.45) is 1.51. The van der Waals surface area contributed by atoms with Crippen LogP contribution < -0.4 is 20.2 Å². The monoisotopic (exact) mass is 541 g/mol. The molecule has 3 aromatic rings. The van der Waals surface area contributed by atoms with E-state index in [0.717, 1.165) is 0 Å². The number of nitrogens with zero attached hydrogens (tertiary/aromatic N) is 1. The molecule has 3 aromatic carbocycles. The van der Waals surface area contributed by atoms with Gasteiger partial charge in [-0.05, 0) is 72.4 Å². The van der Waals surface area contributed by atoms with E-state index in [9.17, 15) is 4.79 Å². The van der Waals surface area contributed by atoms with Gasteiger partial charge in [0.05, 0.1) is 39.6 Å². The Bertz CT molecular complexity index is 1240. The molecule has 0 fully saturated rings. The minimum atomic E-state index is -0.606. The molecule has 0 heterocycles. The Balaban J connectivity index is 1.64. The Kier molecular flexibility index (Phi) is 8.77. The van der Waals surface area contributed by atoms with Crippen LogP contribution in [0.4, 0.5) is 5.69 Å². The van der Waals surface area contributed by atoms with Gasteiger partial charge in [-0.3, -0.25) is 5.43 Å². The van der Waals surface area contributed by atoms with Crippen LogP contribution in [0.15, 0.2) is 59.7 Å². The fraction of sp³-hybridized carbons (Fsp3) is 0.0455. The average molecular weight is 543 g/mol. The van der Waals surface area contributed by atoms with E-state index in [4.69, 9.17) is 68.1 Å². The van der Waals surface area contributed by atoms with Gasteiger partial charge in [0, 0.05) is 5.02 Å². The summed E-state index contributed by atoms with van der Waals surface area (Å²) in [4.78, 5) is 12.4. The van der Waals surface area contributed by atoms with E-state index in [2.05, 4.69) is 15.8 Å². The lowest BCUT2D eigenvalue weighted by molar-refractivity contribution is 0.0729. The van der Waals surface area contributed by atoms with Crippen molar-refractivity contribution >= 4 is 81.6 Å². The number of benzene rings is 3. The summed E-state index contributed by atoms with van der Waals surface area (Å²) in [6, 6.07) is 14.3. The topological polar surface area (TPSA) is 71.9 Å². The maximum absolute atomic E-state index is 12.4. The van der Waals surface area contributed by atoms with Gasteiger partial charge < -0.3 is 14.8 Å². The molecule has 0 saturated carbocycles. The van der Waals surface area contributed by atoms with Crippen LogP contribution in [-0.4, -0.2) is 24.4 Å². The first-order valence-electron chi connectivity index (χ1n) is 9.17. The van der Waals surface area contributed by atoms with Crippen molar-refractivity contribution in [1.82, 2.24) is 5.43 Å². The van der Waals surface area contributed by atoms with Gasteiger partial charge in [0.15, 0.2) is 16.6 Å². The molecular weight excluding hydrogens is 528 g/mol. The van der Waals surface area contributed by atoms with E-state index >= 15 is 0 Å². The van der Waals surface area contributed by atoms with Crippen LogP contribution in [0.5, 0.6) is 11.5 Å². The molecule has 0 aliphatic carbocycles. The Morgan fingerprint density at radius 1 is 0.939 bits per heavy atom. The lowest BCUT2D eigenvalue weighted by Gasteiger charge is -2.11. The smallest absolute Gasteiger partial charge is 0.343 e. The lowest BCUT2D eigenvalue weighted by atomic mass is 10.2. The highest BCUT2D eigenvalue weighted by Crippen LogP contribution is 2.29. The van der Waals surface area contributed by atoms with Crippen LogP contribution in [-0.2, 0) is 0 Å². The fourth-order valence-electron chi connectivity index (χ4n) is 2.54. The quantitative estimate of drug-likeness (QED) is 0.117. The number of halogens is 4. The van der Waals surface area contributed by atoms with Gasteiger partial charge in [0.1, 0.15) is 0 Å². The second-order valence-corrected chi connectivity index (χ2v) is 8.44. The summed E-state index contributed by atoms with van der Waals surface area (Å²) in [6.45, 7) is 0. The zero-order valence-electron chi connectivity index (χ0n) is 16.9. The van der Waals surface area contributed by atoms with Gasteiger partial charge in [-0.15, -0.1) is 0 Å². The second-order valence-electron chi connectivity index (χ2n) is 6.38. The number of nitrogens with one attached hydrogen (secondary N) is 2. The van der Waals surface area contributed by atoms with Gasteiger partial charge in [0.25, 0.3) is 0 Å². The third-order valence-corrected chi connectivity index (χ3v) is 5.60. The largest absolute Gasteiger partial charge is 0.493 e. The van der Waals surface area contributed by atoms with Crippen LogP contribution in [0.1, 0.15) is 15.9 Å². The molecule has 0 amide bonds. The summed E-state index contributed by atoms with van der Waals surface area (Å²) in [7, 11) is 1.46. The van der Waals surface area contributed by atoms with Crippen molar-refractivity contribution in [2.75, 3.05) is 12.4 Å². The zero-order chi connectivity index (χ0) is 24.0. The predicted octanol–water partition coefficient (Wildman–Crippen LogP) is 6.85. The Morgan fingerprint density at radius 2 is 1.70 bits per heavy atom. The Labute approximate surface area is 215 Å². The molecule has 0 aliphatic heterocycles. The zero-order valence-corrected chi connectivity index (χ0v) is 20.7. The van der Waals surface area contributed by atoms with Crippen LogP contribution in [0.2, 0.25) is 20.1 Å². The third-order valence-electron chi connectivity index (χ3n) is 4.10. The van der Waals surface area contributed by atoms with Crippen molar-refractivity contribution in [3.63, 3.8) is 0 Å². The van der Waals surface area contributed by atoms with Crippen molar-refractivity contribution in [2.24, 2.45) is 5.10 Å². The van der Waals surface area contributed by atoms with Crippen molar-refractivity contribution < 1.29 is 14.3 Å². The fourth-order valence-corrected chi connectivity index (χ4v) is 3.34. The number of carbonyl (C=O) groups is 1. The summed E-state index contributed by atoms with van der Waals surface area (Å²) in [5.41, 5.74) is 4.14. The normalized spacial score (nSPS) is 10.7. The summed E-state index contributed by atoms with van der Waals surface area (Å²) < 4.78 is 10.7. The lowest BCUT2D eigenvalue weighted by Crippen LogP contribution is -2.24. The molecule has 6 nitrogen and oxygen atoms in total. The van der Waals surface area contributed by atoms with E-state index in [-0.39, 0.29) is 21.4 Å². The summed E-state index contributed by atoms with van der Waals surface area (Å²) in [5, 5.41) is 8.77. The highest BCUT2D eigenvalue weighted by Gasteiger charge is 2.14. The number of anilines is 1. The van der Waals surface area contributed by atoms with Crippen LogP contribution >= 0.6 is 58.6 Å². The number of thiocarbonyl (C=S) groups is 1. The molecular formula is C22H15Cl4N3O3S. The second kappa shape index (κ2) is 11.5. The molecule has 0 spiro atoms. The third kappa shape index (κ3) is 6.96. The van der Waals surface area contributed by atoms with E-state index in [1.807, 2.05) is 0 Å². The molecule has 0 bridgehead atoms. The van der Waals surface area contributed by atoms with Crippen LogP contribution in [0.3, 0.4) is 0 Å². The maximum Gasteiger partial charge on any atom is 0.343 e. The van der Waals surface area contributed by atoms with Crippen molar-refractivity contribution in [2.45, 2.75) is 0 Å². The molecule has 3 rings (SSSR count). The van der Waals surface area contributed by atoms with Gasteiger partial charge in [-0.1, -0.05) is 46.4 Å². The minimum Gasteiger partial charge on any atom is -0.493 e. The van der Waals surface area contributed by atoms with Gasteiger partial charge in [-0.2, -0.15) is 5.10 Å². The molecule has 0 radical (unpaired) electrons. The van der Waals surface area contributed by atoms with Crippen LogP contribution in [0.25, 0.3) is 0 Å². The molecule has 0 saturated heterocycles. The van der Waals surface area contributed by atoms with Crippen molar-refractivity contribution in [1.29, 1.82) is 0 Å². The Hall–Kier alpha value is -2.55. The number of rotatable bonds is 6. The first kappa shape index (κ1) is 25.1. The molecule has 0 unspecified atom stereocenters. The van der Waals surface area contributed by atoms with E-state index in [1.165, 1.54) is 31.5 Å². The van der Waals surface area contributed by atoms with Gasteiger partial charge >= 0.3 is 5.97 Å². The average Bonchev–Trinajstić information content (AvgIpc) is 2.79. The first-order chi connectivity index (χ1) is 15.8. The molecule has 11 heteroatoms. The summed E-state index contributed by atoms with van der Waals surface area (Å²) in [5.74, 6) is -0.0451. The molecule has 0 aromatic heterocycles. The maximum atomic E-state index is 12.4. The minimum absolute atomic E-state index is 0.217. The van der Waals surface area contributed by atoms with E-state index in [0.29, 0.717) is 32.1 Å². The van der Waals surface area contributed by atoms with Gasteiger partial charge in [0.2, 0.25) is 0 Å². The van der Waals surface area contributed by atoms with E-state index in [1.54, 1.807) is 36.4 Å². The number of hydrogen-bond acceptors (Lipinski definition) is 5. The van der Waals surface area contributed by atoms with Gasteiger partial charge in [-0.25, -0.2) is 4.79 Å². The SMILES string of the molecule is COc1cc(/C=N/NC(=S)Nc2cc(Cl)ccc2Cl)ccc1OC(=O)c1ccc(Cl)c(Cl)c1. The predicted molar refractivity (Wildman–Crippen MR) is 138 cm³/mol. The Morgan fingerprint density at radius 3 is 2.42 bits per heavy atom. The molecule has 0 atom stereocenters. The molecule has 33 heavy (non-hydrogen) atoms. The number of carbonyl (C=O) groups excluding carboxylic acids is 1. The highest BCUT2D eigenvalue weighted by atomic mass is 35.5. The van der Waals surface area contributed by atoms with Crippen LogP contribution in [0, 0.1) is 0 Å². The number of esters is 1. The summed E-state index contributed by atoms with van der Waals surface area (Å²) >= 11 is 29.1.